The van der Waals surface area contributed by atoms with E-state index in [0.29, 0.717) is 12.1 Å². The highest BCUT2D eigenvalue weighted by atomic mass is 79.9. The van der Waals surface area contributed by atoms with Gasteiger partial charge in [-0.05, 0) is 34.5 Å². The SMILES string of the molecule is CCCN(CCO)c1cccc(Br)c1/C(N)=N/O. The van der Waals surface area contributed by atoms with Crippen LogP contribution in [0, 0.1) is 0 Å². The number of anilines is 1. The molecule has 100 valence electrons. The summed E-state index contributed by atoms with van der Waals surface area (Å²) in [4.78, 5) is 2.01. The van der Waals surface area contributed by atoms with E-state index in [1.54, 1.807) is 0 Å². The average Bonchev–Trinajstić information content (AvgIpc) is 2.37. The maximum absolute atomic E-state index is 9.12. The van der Waals surface area contributed by atoms with Gasteiger partial charge < -0.3 is 20.9 Å². The number of nitrogens with two attached hydrogens (primary N) is 1. The number of nitrogens with zero attached hydrogens (tertiary/aromatic N) is 2. The molecule has 1 rings (SSSR count). The van der Waals surface area contributed by atoms with E-state index < -0.39 is 0 Å². The maximum atomic E-state index is 9.12. The third-order valence-corrected chi connectivity index (χ3v) is 3.22. The fraction of sp³-hybridized carbons (Fsp3) is 0.417. The molecule has 0 radical (unpaired) electrons. The minimum Gasteiger partial charge on any atom is -0.409 e. The molecule has 5 nitrogen and oxygen atoms in total. The predicted molar refractivity (Wildman–Crippen MR) is 76.2 cm³/mol. The lowest BCUT2D eigenvalue weighted by Gasteiger charge is -2.26. The summed E-state index contributed by atoms with van der Waals surface area (Å²) in [6, 6.07) is 5.61. The summed E-state index contributed by atoms with van der Waals surface area (Å²) in [5, 5.41) is 21.0. The molecule has 0 aromatic heterocycles. The molecule has 0 amide bonds. The molecule has 0 unspecified atom stereocenters. The topological polar surface area (TPSA) is 82.1 Å². The predicted octanol–water partition coefficient (Wildman–Crippen LogP) is 1.75. The van der Waals surface area contributed by atoms with Gasteiger partial charge in [-0.1, -0.05) is 18.1 Å². The molecule has 18 heavy (non-hydrogen) atoms. The van der Waals surface area contributed by atoms with E-state index in [2.05, 4.69) is 28.0 Å². The summed E-state index contributed by atoms with van der Waals surface area (Å²) in [6.07, 6.45) is 0.947. The van der Waals surface area contributed by atoms with E-state index in [-0.39, 0.29) is 12.4 Å². The van der Waals surface area contributed by atoms with Crippen molar-refractivity contribution in [1.82, 2.24) is 0 Å². The summed E-state index contributed by atoms with van der Waals surface area (Å²) in [6.45, 7) is 3.42. The first-order chi connectivity index (χ1) is 8.65. The molecule has 0 saturated carbocycles. The van der Waals surface area contributed by atoms with Crippen LogP contribution in [0.25, 0.3) is 0 Å². The van der Waals surface area contributed by atoms with Crippen LogP contribution in [0.3, 0.4) is 0 Å². The van der Waals surface area contributed by atoms with Crippen molar-refractivity contribution in [3.63, 3.8) is 0 Å². The Bertz CT molecular complexity index is 418. The first kappa shape index (κ1) is 14.8. The zero-order valence-corrected chi connectivity index (χ0v) is 11.9. The molecular weight excluding hydrogens is 298 g/mol. The lowest BCUT2D eigenvalue weighted by Crippen LogP contribution is -2.30. The average molecular weight is 316 g/mol. The quantitative estimate of drug-likeness (QED) is 0.323. The Morgan fingerprint density at radius 3 is 2.72 bits per heavy atom. The zero-order chi connectivity index (χ0) is 13.5. The number of rotatable bonds is 6. The molecule has 0 bridgehead atoms. The van der Waals surface area contributed by atoms with Crippen molar-refractivity contribution >= 4 is 27.5 Å². The van der Waals surface area contributed by atoms with Crippen molar-refractivity contribution < 1.29 is 10.3 Å². The summed E-state index contributed by atoms with van der Waals surface area (Å²) in [7, 11) is 0. The number of hydrogen-bond donors (Lipinski definition) is 3. The molecule has 1 aromatic rings. The van der Waals surface area contributed by atoms with Gasteiger partial charge in [0.25, 0.3) is 0 Å². The van der Waals surface area contributed by atoms with Crippen LogP contribution in [-0.4, -0.2) is 35.8 Å². The largest absolute Gasteiger partial charge is 0.409 e. The van der Waals surface area contributed by atoms with Crippen LogP contribution in [0.2, 0.25) is 0 Å². The zero-order valence-electron chi connectivity index (χ0n) is 10.3. The number of aliphatic hydroxyl groups is 1. The van der Waals surface area contributed by atoms with Gasteiger partial charge in [-0.2, -0.15) is 0 Å². The van der Waals surface area contributed by atoms with E-state index in [0.717, 1.165) is 23.1 Å². The highest BCUT2D eigenvalue weighted by Gasteiger charge is 2.16. The molecule has 0 fully saturated rings. The number of benzene rings is 1. The van der Waals surface area contributed by atoms with E-state index in [1.807, 2.05) is 23.1 Å². The summed E-state index contributed by atoms with van der Waals surface area (Å²) >= 11 is 3.40. The Hall–Kier alpha value is -1.27. The Balaban J connectivity index is 3.24. The van der Waals surface area contributed by atoms with Gasteiger partial charge in [-0.25, -0.2) is 0 Å². The van der Waals surface area contributed by atoms with Gasteiger partial charge in [-0.3, -0.25) is 0 Å². The number of oxime groups is 1. The van der Waals surface area contributed by atoms with Gasteiger partial charge in [0.05, 0.1) is 12.2 Å². The van der Waals surface area contributed by atoms with E-state index >= 15 is 0 Å². The van der Waals surface area contributed by atoms with Gasteiger partial charge >= 0.3 is 0 Å². The summed E-state index contributed by atoms with van der Waals surface area (Å²) in [5.41, 5.74) is 7.19. The Kier molecular flexibility index (Phi) is 5.94. The molecular formula is C12H18BrN3O2. The minimum absolute atomic E-state index is 0.0523. The van der Waals surface area contributed by atoms with E-state index in [1.165, 1.54) is 0 Å². The molecule has 1 aromatic carbocycles. The van der Waals surface area contributed by atoms with Crippen LogP contribution in [0.1, 0.15) is 18.9 Å². The highest BCUT2D eigenvalue weighted by Crippen LogP contribution is 2.27. The molecule has 0 atom stereocenters. The lowest BCUT2D eigenvalue weighted by atomic mass is 10.1. The monoisotopic (exact) mass is 315 g/mol. The molecule has 0 aliphatic heterocycles. The maximum Gasteiger partial charge on any atom is 0.173 e. The Labute approximate surface area is 115 Å². The Morgan fingerprint density at radius 2 is 2.17 bits per heavy atom. The second-order valence-corrected chi connectivity index (χ2v) is 4.68. The number of amidine groups is 1. The fourth-order valence-corrected chi connectivity index (χ4v) is 2.38. The van der Waals surface area contributed by atoms with Crippen molar-refractivity contribution in [3.8, 4) is 0 Å². The molecule has 0 aliphatic rings. The van der Waals surface area contributed by atoms with Crippen LogP contribution < -0.4 is 10.6 Å². The minimum atomic E-state index is 0.0523. The van der Waals surface area contributed by atoms with Gasteiger partial charge in [0.1, 0.15) is 0 Å². The summed E-state index contributed by atoms with van der Waals surface area (Å²) in [5.74, 6) is 0.0523. The number of aliphatic hydroxyl groups excluding tert-OH is 1. The Morgan fingerprint density at radius 1 is 1.44 bits per heavy atom. The molecule has 0 spiro atoms. The van der Waals surface area contributed by atoms with Crippen molar-refractivity contribution in [1.29, 1.82) is 0 Å². The number of hydrogen-bond acceptors (Lipinski definition) is 4. The second kappa shape index (κ2) is 7.23. The lowest BCUT2D eigenvalue weighted by molar-refractivity contribution is 0.302. The third kappa shape index (κ3) is 3.36. The molecule has 0 aliphatic carbocycles. The third-order valence-electron chi connectivity index (χ3n) is 2.56. The second-order valence-electron chi connectivity index (χ2n) is 3.83. The molecule has 6 heteroatoms. The van der Waals surface area contributed by atoms with Crippen molar-refractivity contribution in [2.45, 2.75) is 13.3 Å². The fourth-order valence-electron chi connectivity index (χ4n) is 1.82. The van der Waals surface area contributed by atoms with Crippen LogP contribution >= 0.6 is 15.9 Å². The standard InChI is InChI=1S/C12H18BrN3O2/c1-2-6-16(7-8-17)10-5-3-4-9(13)11(10)12(14)15-18/h3-5,17-18H,2,6-8H2,1H3,(H2,14,15). The van der Waals surface area contributed by atoms with E-state index in [9.17, 15) is 0 Å². The van der Waals surface area contributed by atoms with Crippen molar-refractivity contribution in [3.05, 3.63) is 28.2 Å². The molecule has 0 heterocycles. The van der Waals surface area contributed by atoms with E-state index in [4.69, 9.17) is 16.0 Å². The van der Waals surface area contributed by atoms with Crippen molar-refractivity contribution in [2.75, 3.05) is 24.6 Å². The smallest absolute Gasteiger partial charge is 0.173 e. The normalized spacial score (nSPS) is 11.6. The van der Waals surface area contributed by atoms with Crippen LogP contribution in [0.15, 0.2) is 27.8 Å². The molecule has 0 saturated heterocycles. The number of halogens is 1. The van der Waals surface area contributed by atoms with Crippen LogP contribution in [0.4, 0.5) is 5.69 Å². The van der Waals surface area contributed by atoms with Gasteiger partial charge in [0.2, 0.25) is 0 Å². The summed E-state index contributed by atoms with van der Waals surface area (Å²) < 4.78 is 0.759. The first-order valence-electron chi connectivity index (χ1n) is 5.77. The van der Waals surface area contributed by atoms with Gasteiger partial charge in [0, 0.05) is 23.2 Å². The highest BCUT2D eigenvalue weighted by molar-refractivity contribution is 9.10. The van der Waals surface area contributed by atoms with Gasteiger partial charge in [0.15, 0.2) is 5.84 Å². The van der Waals surface area contributed by atoms with Crippen LogP contribution in [0.5, 0.6) is 0 Å². The molecule has 4 N–H and O–H groups in total. The van der Waals surface area contributed by atoms with Crippen molar-refractivity contribution in [2.24, 2.45) is 10.9 Å². The van der Waals surface area contributed by atoms with Gasteiger partial charge in [-0.15, -0.1) is 0 Å². The van der Waals surface area contributed by atoms with Crippen LogP contribution in [-0.2, 0) is 0 Å². The first-order valence-corrected chi connectivity index (χ1v) is 6.57.